The van der Waals surface area contributed by atoms with Gasteiger partial charge in [-0.1, -0.05) is 29.3 Å². The molecule has 0 aliphatic carbocycles. The van der Waals surface area contributed by atoms with Crippen LogP contribution in [0, 0.1) is 12.7 Å². The molecule has 2 aromatic carbocycles. The number of nitrogens with one attached hydrogen (secondary N) is 1. The van der Waals surface area contributed by atoms with E-state index < -0.39 is 15.8 Å². The van der Waals surface area contributed by atoms with Crippen molar-refractivity contribution in [2.24, 2.45) is 0 Å². The molecule has 2 rings (SSSR count). The van der Waals surface area contributed by atoms with Crippen molar-refractivity contribution >= 4 is 59.2 Å². The van der Waals surface area contributed by atoms with Gasteiger partial charge in [-0.05, 0) is 57.0 Å². The van der Waals surface area contributed by atoms with E-state index in [4.69, 9.17) is 11.6 Å². The zero-order valence-corrected chi connectivity index (χ0v) is 15.4. The maximum absolute atomic E-state index is 13.5. The highest BCUT2D eigenvalue weighted by atomic mass is 79.9. The molecule has 112 valence electrons. The molecule has 1 N–H and O–H groups in total. The van der Waals surface area contributed by atoms with Crippen LogP contribution in [0.25, 0.3) is 0 Å². The summed E-state index contributed by atoms with van der Waals surface area (Å²) in [5, 5.41) is -0.195. The minimum Gasteiger partial charge on any atom is -0.277 e. The van der Waals surface area contributed by atoms with Crippen molar-refractivity contribution in [3.8, 4) is 0 Å². The van der Waals surface area contributed by atoms with E-state index in [-0.39, 0.29) is 24.6 Å². The zero-order valence-electron chi connectivity index (χ0n) is 10.6. The number of hydrogen-bond donors (Lipinski definition) is 1. The Balaban J connectivity index is 2.47. The van der Waals surface area contributed by atoms with Gasteiger partial charge in [0.15, 0.2) is 0 Å². The lowest BCUT2D eigenvalue weighted by Gasteiger charge is -2.13. The van der Waals surface area contributed by atoms with Crippen LogP contribution in [0.2, 0.25) is 5.02 Å². The molecule has 0 unspecified atom stereocenters. The van der Waals surface area contributed by atoms with Gasteiger partial charge in [0.1, 0.15) is 5.82 Å². The van der Waals surface area contributed by atoms with Gasteiger partial charge in [0.05, 0.1) is 20.1 Å². The molecule has 0 saturated carbocycles. The molecule has 8 heteroatoms. The first-order valence-electron chi connectivity index (χ1n) is 5.65. The van der Waals surface area contributed by atoms with E-state index in [1.165, 1.54) is 12.1 Å². The summed E-state index contributed by atoms with van der Waals surface area (Å²) >= 11 is 12.0. The van der Waals surface area contributed by atoms with E-state index in [1.54, 1.807) is 12.1 Å². The summed E-state index contributed by atoms with van der Waals surface area (Å²) in [7, 11) is -3.80. The maximum atomic E-state index is 13.5. The molecule has 3 nitrogen and oxygen atoms in total. The molecule has 0 aromatic heterocycles. The first kappa shape index (κ1) is 16.7. The molecule has 0 heterocycles. The topological polar surface area (TPSA) is 46.2 Å². The van der Waals surface area contributed by atoms with E-state index in [2.05, 4.69) is 36.6 Å². The first-order chi connectivity index (χ1) is 9.72. The Kier molecular flexibility index (Phi) is 4.97. The van der Waals surface area contributed by atoms with Crippen LogP contribution in [0.4, 0.5) is 10.1 Å². The molecular formula is C13H9Br2ClFNO2S. The van der Waals surface area contributed by atoms with Gasteiger partial charge in [-0.3, -0.25) is 4.72 Å². The summed E-state index contributed by atoms with van der Waals surface area (Å²) in [6, 6.07) is 7.46. The highest BCUT2D eigenvalue weighted by Gasteiger charge is 2.20. The SMILES string of the molecule is Cc1ccc(S(=O)(=O)Nc2c(Br)cc(F)c(Cl)c2Br)cc1. The van der Waals surface area contributed by atoms with Gasteiger partial charge in [0.2, 0.25) is 0 Å². The second-order valence-electron chi connectivity index (χ2n) is 4.26. The van der Waals surface area contributed by atoms with Crippen LogP contribution in [0.1, 0.15) is 5.56 Å². The Hall–Kier alpha value is -0.630. The van der Waals surface area contributed by atoms with Crippen LogP contribution in [0.15, 0.2) is 44.2 Å². The smallest absolute Gasteiger partial charge is 0.261 e. The van der Waals surface area contributed by atoms with Gasteiger partial charge in [0, 0.05) is 4.47 Å². The van der Waals surface area contributed by atoms with Crippen molar-refractivity contribution in [1.29, 1.82) is 0 Å². The van der Waals surface area contributed by atoms with E-state index in [0.717, 1.165) is 11.6 Å². The average Bonchev–Trinajstić information content (AvgIpc) is 2.42. The van der Waals surface area contributed by atoms with Crippen molar-refractivity contribution in [3.63, 3.8) is 0 Å². The highest BCUT2D eigenvalue weighted by Crippen LogP contribution is 2.39. The molecule has 0 bridgehead atoms. The Labute approximate surface area is 143 Å². The fourth-order valence-corrected chi connectivity index (χ4v) is 4.34. The summed E-state index contributed by atoms with van der Waals surface area (Å²) in [5.74, 6) is -0.659. The van der Waals surface area contributed by atoms with Gasteiger partial charge < -0.3 is 0 Å². The number of halogens is 4. The van der Waals surface area contributed by atoms with Crippen molar-refractivity contribution in [2.75, 3.05) is 4.72 Å². The van der Waals surface area contributed by atoms with Crippen LogP contribution in [0.5, 0.6) is 0 Å². The van der Waals surface area contributed by atoms with E-state index >= 15 is 0 Å². The third kappa shape index (κ3) is 3.59. The monoisotopic (exact) mass is 455 g/mol. The Morgan fingerprint density at radius 1 is 1.19 bits per heavy atom. The van der Waals surface area contributed by atoms with Crippen LogP contribution < -0.4 is 4.72 Å². The molecule has 21 heavy (non-hydrogen) atoms. The van der Waals surface area contributed by atoms with Crippen molar-refractivity contribution < 1.29 is 12.8 Å². The predicted molar refractivity (Wildman–Crippen MR) is 88.8 cm³/mol. The van der Waals surface area contributed by atoms with Crippen molar-refractivity contribution in [3.05, 3.63) is 55.7 Å². The molecule has 0 radical (unpaired) electrons. The molecule has 0 amide bonds. The van der Waals surface area contributed by atoms with Crippen LogP contribution >= 0.6 is 43.5 Å². The number of rotatable bonds is 3. The Bertz CT molecular complexity index is 795. The Morgan fingerprint density at radius 3 is 2.33 bits per heavy atom. The zero-order chi connectivity index (χ0) is 15.8. The fourth-order valence-electron chi connectivity index (χ4n) is 1.57. The largest absolute Gasteiger partial charge is 0.277 e. The molecule has 0 aliphatic rings. The van der Waals surface area contributed by atoms with Crippen LogP contribution in [-0.2, 0) is 10.0 Å². The van der Waals surface area contributed by atoms with E-state index in [9.17, 15) is 12.8 Å². The van der Waals surface area contributed by atoms with E-state index in [1.807, 2.05) is 6.92 Å². The molecule has 0 saturated heterocycles. The number of hydrogen-bond acceptors (Lipinski definition) is 2. The molecule has 2 aromatic rings. The number of sulfonamides is 1. The van der Waals surface area contributed by atoms with Gasteiger partial charge in [0.25, 0.3) is 10.0 Å². The van der Waals surface area contributed by atoms with Crippen molar-refractivity contribution in [1.82, 2.24) is 0 Å². The normalized spacial score (nSPS) is 11.5. The fraction of sp³-hybridized carbons (Fsp3) is 0.0769. The van der Waals surface area contributed by atoms with Gasteiger partial charge >= 0.3 is 0 Å². The number of anilines is 1. The first-order valence-corrected chi connectivity index (χ1v) is 9.09. The summed E-state index contributed by atoms with van der Waals surface area (Å²) in [5.41, 5.74) is 1.09. The summed E-state index contributed by atoms with van der Waals surface area (Å²) in [4.78, 5) is 0.104. The second-order valence-corrected chi connectivity index (χ2v) is 7.97. The van der Waals surface area contributed by atoms with Gasteiger partial charge in [-0.25, -0.2) is 12.8 Å². The quantitative estimate of drug-likeness (QED) is 0.514. The van der Waals surface area contributed by atoms with Crippen molar-refractivity contribution in [2.45, 2.75) is 11.8 Å². The molecule has 0 fully saturated rings. The minimum atomic E-state index is -3.80. The minimum absolute atomic E-state index is 0.104. The lowest BCUT2D eigenvalue weighted by molar-refractivity contribution is 0.601. The third-order valence-corrected chi connectivity index (χ3v) is 6.06. The lowest BCUT2D eigenvalue weighted by atomic mass is 10.2. The second kappa shape index (κ2) is 6.24. The number of benzene rings is 2. The summed E-state index contributed by atoms with van der Waals surface area (Å²) in [6.45, 7) is 1.86. The highest BCUT2D eigenvalue weighted by molar-refractivity contribution is 9.11. The lowest BCUT2D eigenvalue weighted by Crippen LogP contribution is -2.14. The summed E-state index contributed by atoms with van der Waals surface area (Å²) < 4.78 is 40.9. The number of aryl methyl sites for hydroxylation is 1. The van der Waals surface area contributed by atoms with Gasteiger partial charge in [-0.2, -0.15) is 0 Å². The Morgan fingerprint density at radius 2 is 1.76 bits per heavy atom. The van der Waals surface area contributed by atoms with Crippen LogP contribution in [0.3, 0.4) is 0 Å². The molecule has 0 atom stereocenters. The summed E-state index contributed by atoms with van der Waals surface area (Å²) in [6.07, 6.45) is 0. The standard InChI is InChI=1S/C13H9Br2ClFNO2S/c1-7-2-4-8(5-3-7)21(19,20)18-13-9(14)6-10(17)12(16)11(13)15/h2-6,18H,1H3. The molecule has 0 aliphatic heterocycles. The molecule has 0 spiro atoms. The van der Waals surface area contributed by atoms with Crippen LogP contribution in [-0.4, -0.2) is 8.42 Å². The third-order valence-electron chi connectivity index (χ3n) is 2.68. The maximum Gasteiger partial charge on any atom is 0.261 e. The van der Waals surface area contributed by atoms with Gasteiger partial charge in [-0.15, -0.1) is 0 Å². The predicted octanol–water partition coefficient (Wildman–Crippen LogP) is 5.11. The average molecular weight is 458 g/mol. The molecular weight excluding hydrogens is 448 g/mol. The van der Waals surface area contributed by atoms with E-state index in [0.29, 0.717) is 0 Å².